The number of aliphatic hydroxyl groups excluding tert-OH is 1. The number of hydrogen-bond acceptors (Lipinski definition) is 2. The lowest BCUT2D eigenvalue weighted by molar-refractivity contribution is 0.0902. The highest BCUT2D eigenvalue weighted by molar-refractivity contribution is 5.19. The monoisotopic (exact) mass is 259 g/mol. The van der Waals surface area contributed by atoms with Crippen molar-refractivity contribution in [3.8, 4) is 0 Å². The lowest BCUT2D eigenvalue weighted by Crippen LogP contribution is -2.41. The highest BCUT2D eigenvalue weighted by atomic mass is 19.2. The maximum atomic E-state index is 13.0. The first-order valence-corrected chi connectivity index (χ1v) is 6.13. The molecule has 0 bridgehead atoms. The fourth-order valence-electron chi connectivity index (χ4n) is 2.31. The van der Waals surface area contributed by atoms with Crippen LogP contribution in [0.4, 0.5) is 13.2 Å². The number of halogens is 3. The summed E-state index contributed by atoms with van der Waals surface area (Å²) in [5.74, 6) is -3.82. The number of hydrogen-bond donors (Lipinski definition) is 2. The lowest BCUT2D eigenvalue weighted by Gasteiger charge is -2.28. The average molecular weight is 259 g/mol. The van der Waals surface area contributed by atoms with E-state index in [1.807, 2.05) is 0 Å². The zero-order valence-corrected chi connectivity index (χ0v) is 9.93. The van der Waals surface area contributed by atoms with E-state index in [4.69, 9.17) is 0 Å². The molecule has 1 fully saturated rings. The van der Waals surface area contributed by atoms with Crippen molar-refractivity contribution in [2.24, 2.45) is 0 Å². The van der Waals surface area contributed by atoms with Gasteiger partial charge >= 0.3 is 0 Å². The van der Waals surface area contributed by atoms with Crippen molar-refractivity contribution < 1.29 is 18.3 Å². The fraction of sp³-hybridized carbons (Fsp3) is 0.538. The van der Waals surface area contributed by atoms with E-state index in [0.717, 1.165) is 37.8 Å². The Morgan fingerprint density at radius 2 is 1.72 bits per heavy atom. The third kappa shape index (κ3) is 3.03. The second kappa shape index (κ2) is 5.71. The molecule has 0 aromatic heterocycles. The maximum Gasteiger partial charge on any atom is 0.194 e. The van der Waals surface area contributed by atoms with Gasteiger partial charge in [0.25, 0.3) is 0 Å². The van der Waals surface area contributed by atoms with Crippen molar-refractivity contribution in [1.82, 2.24) is 5.32 Å². The summed E-state index contributed by atoms with van der Waals surface area (Å²) in [5, 5.41) is 12.8. The first-order chi connectivity index (χ1) is 8.58. The fourth-order valence-corrected chi connectivity index (χ4v) is 2.31. The minimum atomic E-state index is -1.45. The summed E-state index contributed by atoms with van der Waals surface area (Å²) in [5.41, 5.74) is 0.337. The molecule has 100 valence electrons. The van der Waals surface area contributed by atoms with Crippen LogP contribution in [0.25, 0.3) is 0 Å². The summed E-state index contributed by atoms with van der Waals surface area (Å²) in [6.45, 7) is 0.218. The second-order valence-corrected chi connectivity index (χ2v) is 4.71. The van der Waals surface area contributed by atoms with Crippen LogP contribution >= 0.6 is 0 Å². The van der Waals surface area contributed by atoms with Crippen LogP contribution in [0.15, 0.2) is 12.1 Å². The van der Waals surface area contributed by atoms with Crippen molar-refractivity contribution in [1.29, 1.82) is 0 Å². The van der Waals surface area contributed by atoms with Gasteiger partial charge in [-0.15, -0.1) is 0 Å². The molecule has 1 aromatic rings. The van der Waals surface area contributed by atoms with Crippen molar-refractivity contribution in [2.75, 3.05) is 0 Å². The number of rotatable bonds is 3. The molecular weight excluding hydrogens is 243 g/mol. The number of nitrogens with one attached hydrogen (secondary N) is 1. The van der Waals surface area contributed by atoms with Crippen molar-refractivity contribution in [3.63, 3.8) is 0 Å². The van der Waals surface area contributed by atoms with Crippen LogP contribution in [0.3, 0.4) is 0 Å². The van der Waals surface area contributed by atoms with Gasteiger partial charge in [-0.1, -0.05) is 12.8 Å². The van der Waals surface area contributed by atoms with Crippen LogP contribution in [-0.2, 0) is 6.54 Å². The lowest BCUT2D eigenvalue weighted by atomic mass is 9.92. The molecule has 0 radical (unpaired) electrons. The Bertz CT molecular complexity index is 402. The molecule has 5 heteroatoms. The van der Waals surface area contributed by atoms with Gasteiger partial charge in [0.05, 0.1) is 6.10 Å². The Kier molecular flexibility index (Phi) is 4.24. The van der Waals surface area contributed by atoms with Crippen LogP contribution in [-0.4, -0.2) is 17.3 Å². The molecule has 2 atom stereocenters. The van der Waals surface area contributed by atoms with E-state index < -0.39 is 23.6 Å². The molecule has 0 spiro atoms. The molecule has 0 heterocycles. The zero-order chi connectivity index (χ0) is 13.1. The van der Waals surface area contributed by atoms with Crippen LogP contribution < -0.4 is 5.32 Å². The molecule has 1 aromatic carbocycles. The minimum absolute atomic E-state index is 0.0603. The van der Waals surface area contributed by atoms with Gasteiger partial charge < -0.3 is 10.4 Å². The minimum Gasteiger partial charge on any atom is -0.392 e. The molecule has 1 aliphatic rings. The first-order valence-electron chi connectivity index (χ1n) is 6.13. The Morgan fingerprint density at radius 3 is 2.33 bits per heavy atom. The van der Waals surface area contributed by atoms with Gasteiger partial charge in [0.1, 0.15) is 0 Å². The summed E-state index contributed by atoms with van der Waals surface area (Å²) < 4.78 is 38.7. The van der Waals surface area contributed by atoms with Gasteiger partial charge in [0, 0.05) is 12.6 Å². The zero-order valence-electron chi connectivity index (χ0n) is 9.93. The molecule has 2 N–H and O–H groups in total. The van der Waals surface area contributed by atoms with Crippen LogP contribution in [0.1, 0.15) is 31.2 Å². The molecular formula is C13H16F3NO. The highest BCUT2D eigenvalue weighted by Crippen LogP contribution is 2.19. The van der Waals surface area contributed by atoms with E-state index in [-0.39, 0.29) is 12.6 Å². The maximum absolute atomic E-state index is 13.0. The normalized spacial score (nSPS) is 24.2. The van der Waals surface area contributed by atoms with Gasteiger partial charge in [-0.25, -0.2) is 13.2 Å². The predicted octanol–water partition coefficient (Wildman–Crippen LogP) is 2.50. The highest BCUT2D eigenvalue weighted by Gasteiger charge is 2.22. The summed E-state index contributed by atoms with van der Waals surface area (Å²) in [4.78, 5) is 0. The van der Waals surface area contributed by atoms with E-state index in [2.05, 4.69) is 5.32 Å². The topological polar surface area (TPSA) is 32.3 Å². The molecule has 2 nitrogen and oxygen atoms in total. The van der Waals surface area contributed by atoms with Crippen LogP contribution in [0.5, 0.6) is 0 Å². The summed E-state index contributed by atoms with van der Waals surface area (Å²) >= 11 is 0. The summed E-state index contributed by atoms with van der Waals surface area (Å²) in [6, 6.07) is 1.89. The number of aliphatic hydroxyl groups is 1. The molecule has 18 heavy (non-hydrogen) atoms. The van der Waals surface area contributed by atoms with Gasteiger partial charge in [-0.2, -0.15) is 0 Å². The molecule has 0 aliphatic heterocycles. The molecule has 1 saturated carbocycles. The third-order valence-electron chi connectivity index (χ3n) is 3.34. The van der Waals surface area contributed by atoms with E-state index >= 15 is 0 Å². The van der Waals surface area contributed by atoms with Crippen LogP contribution in [0, 0.1) is 17.5 Å². The molecule has 2 unspecified atom stereocenters. The van der Waals surface area contributed by atoms with E-state index in [0.29, 0.717) is 5.56 Å². The Labute approximate surface area is 104 Å². The second-order valence-electron chi connectivity index (χ2n) is 4.71. The molecule has 0 saturated heterocycles. The average Bonchev–Trinajstić information content (AvgIpc) is 2.35. The van der Waals surface area contributed by atoms with Gasteiger partial charge in [0.2, 0.25) is 0 Å². The molecule has 0 amide bonds. The van der Waals surface area contributed by atoms with Gasteiger partial charge in [-0.3, -0.25) is 0 Å². The standard InChI is InChI=1S/C13H16F3NO/c14-9-5-8(6-10(15)13(9)16)7-17-11-3-1-2-4-12(11)18/h5-6,11-12,17-18H,1-4,7H2. The van der Waals surface area contributed by atoms with Crippen molar-refractivity contribution >= 4 is 0 Å². The smallest absolute Gasteiger partial charge is 0.194 e. The Balaban J connectivity index is 1.97. The Morgan fingerprint density at radius 1 is 1.11 bits per heavy atom. The Hall–Kier alpha value is -1.07. The largest absolute Gasteiger partial charge is 0.392 e. The van der Waals surface area contributed by atoms with Gasteiger partial charge in [-0.05, 0) is 30.5 Å². The molecule has 1 aliphatic carbocycles. The first kappa shape index (κ1) is 13.4. The van der Waals surface area contributed by atoms with E-state index in [9.17, 15) is 18.3 Å². The van der Waals surface area contributed by atoms with Gasteiger partial charge in [0.15, 0.2) is 17.5 Å². The third-order valence-corrected chi connectivity index (χ3v) is 3.34. The van der Waals surface area contributed by atoms with E-state index in [1.54, 1.807) is 0 Å². The number of benzene rings is 1. The van der Waals surface area contributed by atoms with Crippen molar-refractivity contribution in [2.45, 2.75) is 44.4 Å². The van der Waals surface area contributed by atoms with Crippen molar-refractivity contribution in [3.05, 3.63) is 35.1 Å². The SMILES string of the molecule is OC1CCCCC1NCc1cc(F)c(F)c(F)c1. The predicted molar refractivity (Wildman–Crippen MR) is 61.4 cm³/mol. The summed E-state index contributed by atoms with van der Waals surface area (Å²) in [6.07, 6.45) is 3.19. The van der Waals surface area contributed by atoms with Crippen LogP contribution in [0.2, 0.25) is 0 Å². The quantitative estimate of drug-likeness (QED) is 0.817. The summed E-state index contributed by atoms with van der Waals surface area (Å²) in [7, 11) is 0. The van der Waals surface area contributed by atoms with E-state index in [1.165, 1.54) is 0 Å². The molecule has 2 rings (SSSR count).